The largest absolute Gasteiger partial charge is 0.313 e. The topological polar surface area (TPSA) is 35.8 Å². The highest BCUT2D eigenvalue weighted by Gasteiger charge is 2.26. The van der Waals surface area contributed by atoms with Gasteiger partial charge >= 0.3 is 0 Å². The molecule has 1 aliphatic carbocycles. The maximum Gasteiger partial charge on any atom is 0.0635 e. The molecule has 0 aromatic carbocycles. The van der Waals surface area contributed by atoms with Crippen LogP contribution in [0.2, 0.25) is 0 Å². The van der Waals surface area contributed by atoms with Crippen LogP contribution in [0.4, 0.5) is 0 Å². The van der Waals surface area contributed by atoms with Gasteiger partial charge in [-0.2, -0.15) is 5.26 Å². The first kappa shape index (κ1) is 7.56. The van der Waals surface area contributed by atoms with Gasteiger partial charge in [-0.25, -0.2) is 0 Å². The van der Waals surface area contributed by atoms with Crippen molar-refractivity contribution in [2.75, 3.05) is 6.54 Å². The van der Waals surface area contributed by atoms with E-state index in [1.807, 2.05) is 0 Å². The predicted octanol–water partition coefficient (Wildman–Crippen LogP) is 1.29. The van der Waals surface area contributed by atoms with E-state index in [4.69, 9.17) is 5.26 Å². The van der Waals surface area contributed by atoms with Gasteiger partial charge in [0.2, 0.25) is 0 Å². The van der Waals surface area contributed by atoms with Gasteiger partial charge in [0.15, 0.2) is 0 Å². The normalized spacial score (nSPS) is 20.0. The van der Waals surface area contributed by atoms with Crippen LogP contribution in [0.25, 0.3) is 0 Å². The van der Waals surface area contributed by atoms with E-state index >= 15 is 0 Å². The van der Waals surface area contributed by atoms with E-state index in [1.165, 1.54) is 12.8 Å². The van der Waals surface area contributed by atoms with Crippen molar-refractivity contribution in [3.8, 4) is 6.07 Å². The van der Waals surface area contributed by atoms with Crippen molar-refractivity contribution < 1.29 is 0 Å². The van der Waals surface area contributed by atoms with Gasteiger partial charge < -0.3 is 5.32 Å². The van der Waals surface area contributed by atoms with Gasteiger partial charge in [0.1, 0.15) is 0 Å². The summed E-state index contributed by atoms with van der Waals surface area (Å²) in [6, 6.07) is 2.75. The molecule has 1 saturated carbocycles. The van der Waals surface area contributed by atoms with Gasteiger partial charge in [0.25, 0.3) is 0 Å². The third-order valence-electron chi connectivity index (χ3n) is 2.03. The summed E-state index contributed by atoms with van der Waals surface area (Å²) >= 11 is 0. The Morgan fingerprint density at radius 3 is 2.90 bits per heavy atom. The summed E-state index contributed by atoms with van der Waals surface area (Å²) in [5.74, 6) is 0.902. The van der Waals surface area contributed by atoms with Crippen molar-refractivity contribution in [3.05, 3.63) is 0 Å². The Balaban J connectivity index is 1.96. The van der Waals surface area contributed by atoms with E-state index in [-0.39, 0.29) is 0 Å². The molecule has 0 radical (unpaired) electrons. The molecular weight excluding hydrogens is 124 g/mol. The Morgan fingerprint density at radius 1 is 1.70 bits per heavy atom. The molecule has 1 aliphatic rings. The Morgan fingerprint density at radius 2 is 2.40 bits per heavy atom. The van der Waals surface area contributed by atoms with E-state index in [1.54, 1.807) is 0 Å². The molecule has 2 nitrogen and oxygen atoms in total. The van der Waals surface area contributed by atoms with E-state index in [0.29, 0.717) is 12.5 Å². The smallest absolute Gasteiger partial charge is 0.0635 e. The third kappa shape index (κ3) is 2.36. The fourth-order valence-electron chi connectivity index (χ4n) is 1.12. The van der Waals surface area contributed by atoms with Gasteiger partial charge in [-0.05, 0) is 25.7 Å². The van der Waals surface area contributed by atoms with Crippen LogP contribution >= 0.6 is 0 Å². The lowest BCUT2D eigenvalue weighted by Gasteiger charge is -2.09. The molecule has 0 aromatic heterocycles. The number of nitrogens with zero attached hydrogens (tertiary/aromatic N) is 1. The lowest BCUT2D eigenvalue weighted by Crippen LogP contribution is -2.28. The van der Waals surface area contributed by atoms with Gasteiger partial charge in [-0.3, -0.25) is 0 Å². The van der Waals surface area contributed by atoms with Gasteiger partial charge in [0, 0.05) is 19.0 Å². The van der Waals surface area contributed by atoms with Crippen molar-refractivity contribution in [3.63, 3.8) is 0 Å². The molecule has 1 rings (SSSR count). The fourth-order valence-corrected chi connectivity index (χ4v) is 1.12. The lowest BCUT2D eigenvalue weighted by molar-refractivity contribution is 0.503. The third-order valence-corrected chi connectivity index (χ3v) is 2.03. The summed E-state index contributed by atoms with van der Waals surface area (Å²) in [5, 5.41) is 11.6. The quantitative estimate of drug-likeness (QED) is 0.594. The first-order valence-electron chi connectivity index (χ1n) is 3.95. The second kappa shape index (κ2) is 3.58. The molecule has 0 aliphatic heterocycles. The molecule has 0 spiro atoms. The molecule has 2 heteroatoms. The number of nitrogens with one attached hydrogen (secondary N) is 1. The zero-order valence-electron chi connectivity index (χ0n) is 6.43. The predicted molar refractivity (Wildman–Crippen MR) is 40.4 cm³/mol. The molecular formula is C8H14N2. The number of rotatable bonds is 4. The Hall–Kier alpha value is -0.550. The van der Waals surface area contributed by atoms with Crippen LogP contribution in [0.15, 0.2) is 0 Å². The van der Waals surface area contributed by atoms with Crippen LogP contribution in [0.1, 0.15) is 26.2 Å². The van der Waals surface area contributed by atoms with Gasteiger partial charge in [0.05, 0.1) is 6.07 Å². The summed E-state index contributed by atoms with van der Waals surface area (Å²) in [5.41, 5.74) is 0. The molecule has 0 heterocycles. The molecule has 0 aromatic rings. The molecule has 1 N–H and O–H groups in total. The average Bonchev–Trinajstić information content (AvgIpc) is 2.69. The van der Waals surface area contributed by atoms with Crippen molar-refractivity contribution in [1.82, 2.24) is 5.32 Å². The first-order valence-corrected chi connectivity index (χ1v) is 3.95. The van der Waals surface area contributed by atoms with Crippen LogP contribution in [-0.2, 0) is 0 Å². The van der Waals surface area contributed by atoms with Crippen LogP contribution < -0.4 is 5.32 Å². The van der Waals surface area contributed by atoms with E-state index in [2.05, 4.69) is 18.3 Å². The van der Waals surface area contributed by atoms with E-state index in [0.717, 1.165) is 12.5 Å². The standard InChI is InChI=1S/C8H14N2/c1-7(8-3-4-8)10-6-2-5-9/h7-8,10H,2-4,6H2,1H3/t7-/m0/s1. The van der Waals surface area contributed by atoms with E-state index < -0.39 is 0 Å². The second-order valence-electron chi connectivity index (χ2n) is 2.99. The SMILES string of the molecule is C[C@H](NCCC#N)C1CC1. The van der Waals surface area contributed by atoms with E-state index in [9.17, 15) is 0 Å². The molecule has 0 saturated heterocycles. The Labute approximate surface area is 62.2 Å². The minimum absolute atomic E-state index is 0.633. The summed E-state index contributed by atoms with van der Waals surface area (Å²) in [6.07, 6.45) is 3.39. The molecule has 0 unspecified atom stereocenters. The van der Waals surface area contributed by atoms with Crippen LogP contribution in [0.5, 0.6) is 0 Å². The molecule has 56 valence electrons. The zero-order valence-corrected chi connectivity index (χ0v) is 6.43. The highest BCUT2D eigenvalue weighted by molar-refractivity contribution is 4.84. The number of hydrogen-bond acceptors (Lipinski definition) is 2. The lowest BCUT2D eigenvalue weighted by atomic mass is 10.2. The minimum Gasteiger partial charge on any atom is -0.313 e. The van der Waals surface area contributed by atoms with Gasteiger partial charge in [-0.1, -0.05) is 0 Å². The first-order chi connectivity index (χ1) is 4.84. The summed E-state index contributed by atoms with van der Waals surface area (Å²) < 4.78 is 0. The van der Waals surface area contributed by atoms with Crippen molar-refractivity contribution in [1.29, 1.82) is 5.26 Å². The zero-order chi connectivity index (χ0) is 7.40. The van der Waals surface area contributed by atoms with Crippen LogP contribution in [-0.4, -0.2) is 12.6 Å². The van der Waals surface area contributed by atoms with Crippen molar-refractivity contribution >= 4 is 0 Å². The number of nitriles is 1. The Kier molecular flexibility index (Phi) is 2.70. The molecule has 0 bridgehead atoms. The van der Waals surface area contributed by atoms with Crippen molar-refractivity contribution in [2.24, 2.45) is 5.92 Å². The number of hydrogen-bond donors (Lipinski definition) is 1. The Bertz CT molecular complexity index is 133. The molecule has 1 fully saturated rings. The maximum atomic E-state index is 8.24. The highest BCUT2D eigenvalue weighted by atomic mass is 14.9. The van der Waals surface area contributed by atoms with Crippen LogP contribution in [0.3, 0.4) is 0 Å². The van der Waals surface area contributed by atoms with Crippen molar-refractivity contribution in [2.45, 2.75) is 32.2 Å². The molecule has 0 amide bonds. The summed E-state index contributed by atoms with van der Waals surface area (Å²) in [6.45, 7) is 3.06. The maximum absolute atomic E-state index is 8.24. The molecule has 1 atom stereocenters. The second-order valence-corrected chi connectivity index (χ2v) is 2.99. The minimum atomic E-state index is 0.633. The summed E-state index contributed by atoms with van der Waals surface area (Å²) in [7, 11) is 0. The van der Waals surface area contributed by atoms with Crippen LogP contribution in [0, 0.1) is 17.2 Å². The highest BCUT2D eigenvalue weighted by Crippen LogP contribution is 2.32. The summed E-state index contributed by atoms with van der Waals surface area (Å²) in [4.78, 5) is 0. The van der Waals surface area contributed by atoms with Gasteiger partial charge in [-0.15, -0.1) is 0 Å². The molecule has 10 heavy (non-hydrogen) atoms. The average molecular weight is 138 g/mol. The monoisotopic (exact) mass is 138 g/mol. The fraction of sp³-hybridized carbons (Fsp3) is 0.875.